The summed E-state index contributed by atoms with van der Waals surface area (Å²) in [6, 6.07) is 8.08. The van der Waals surface area contributed by atoms with Crippen molar-refractivity contribution >= 4 is 21.7 Å². The number of unbranched alkanes of at least 4 members (excludes halogenated alkanes) is 1. The highest BCUT2D eigenvalue weighted by Crippen LogP contribution is 2.26. The molecular weight excluding hydrogens is 392 g/mol. The first kappa shape index (κ1) is 21.3. The lowest BCUT2D eigenvalue weighted by Gasteiger charge is -2.31. The molecule has 8 nitrogen and oxygen atoms in total. The van der Waals surface area contributed by atoms with Crippen molar-refractivity contribution in [2.75, 3.05) is 25.5 Å². The molecule has 29 heavy (non-hydrogen) atoms. The molecule has 0 radical (unpaired) electrons. The maximum Gasteiger partial charge on any atom is 0.243 e. The fourth-order valence-electron chi connectivity index (χ4n) is 3.42. The fourth-order valence-corrected chi connectivity index (χ4v) is 4.95. The predicted molar refractivity (Wildman–Crippen MR) is 110 cm³/mol. The minimum absolute atomic E-state index is 0.169. The van der Waals surface area contributed by atoms with Gasteiger partial charge in [-0.25, -0.2) is 13.1 Å². The number of carbonyl (C=O) groups excluding carboxylic acids is 1. The number of hydrogen-bond acceptors (Lipinski definition) is 5. The number of carbonyl (C=O) groups is 1. The largest absolute Gasteiger partial charge is 0.497 e. The van der Waals surface area contributed by atoms with Gasteiger partial charge in [-0.2, -0.15) is 9.40 Å². The highest BCUT2D eigenvalue weighted by molar-refractivity contribution is 7.89. The Morgan fingerprint density at radius 1 is 1.28 bits per heavy atom. The summed E-state index contributed by atoms with van der Waals surface area (Å²) >= 11 is 0. The van der Waals surface area contributed by atoms with E-state index in [1.54, 1.807) is 29.1 Å². The van der Waals surface area contributed by atoms with Crippen molar-refractivity contribution in [3.05, 3.63) is 36.5 Å². The lowest BCUT2D eigenvalue weighted by Crippen LogP contribution is -2.43. The Bertz CT molecular complexity index is 924. The van der Waals surface area contributed by atoms with Crippen LogP contribution in [0.15, 0.2) is 41.4 Å². The van der Waals surface area contributed by atoms with Gasteiger partial charge in [0, 0.05) is 25.7 Å². The number of benzene rings is 1. The second-order valence-corrected chi connectivity index (χ2v) is 9.10. The molecule has 9 heteroatoms. The molecule has 0 aliphatic carbocycles. The number of nitrogens with zero attached hydrogens (tertiary/aromatic N) is 3. The summed E-state index contributed by atoms with van der Waals surface area (Å²) < 4.78 is 34.2. The van der Waals surface area contributed by atoms with Gasteiger partial charge in [0.2, 0.25) is 15.9 Å². The van der Waals surface area contributed by atoms with Gasteiger partial charge in [-0.3, -0.25) is 4.79 Å². The van der Waals surface area contributed by atoms with Gasteiger partial charge >= 0.3 is 0 Å². The highest BCUT2D eigenvalue weighted by Gasteiger charge is 2.33. The Morgan fingerprint density at radius 3 is 2.72 bits per heavy atom. The average molecular weight is 421 g/mol. The first-order valence-corrected chi connectivity index (χ1v) is 11.4. The number of ether oxygens (including phenoxy) is 1. The van der Waals surface area contributed by atoms with Crippen molar-refractivity contribution in [3.63, 3.8) is 0 Å². The predicted octanol–water partition coefficient (Wildman–Crippen LogP) is 2.73. The van der Waals surface area contributed by atoms with Gasteiger partial charge in [-0.05, 0) is 43.5 Å². The third kappa shape index (κ3) is 4.97. The van der Waals surface area contributed by atoms with E-state index in [0.717, 1.165) is 19.4 Å². The van der Waals surface area contributed by atoms with Crippen LogP contribution in [0.4, 0.5) is 5.82 Å². The third-order valence-corrected chi connectivity index (χ3v) is 7.02. The number of anilines is 1. The highest BCUT2D eigenvalue weighted by atomic mass is 32.2. The van der Waals surface area contributed by atoms with E-state index in [0.29, 0.717) is 31.0 Å². The van der Waals surface area contributed by atoms with Crippen LogP contribution in [0.25, 0.3) is 0 Å². The molecule has 1 fully saturated rings. The minimum atomic E-state index is -3.66. The smallest absolute Gasteiger partial charge is 0.243 e. The van der Waals surface area contributed by atoms with Crippen LogP contribution in [0.3, 0.4) is 0 Å². The van der Waals surface area contributed by atoms with E-state index in [9.17, 15) is 13.2 Å². The molecule has 1 atom stereocenters. The third-order valence-electron chi connectivity index (χ3n) is 5.14. The number of amides is 1. The normalized spacial score (nSPS) is 17.8. The number of rotatable bonds is 8. The van der Waals surface area contributed by atoms with Gasteiger partial charge in [0.1, 0.15) is 11.6 Å². The van der Waals surface area contributed by atoms with Crippen LogP contribution in [0.5, 0.6) is 5.75 Å². The van der Waals surface area contributed by atoms with Crippen LogP contribution >= 0.6 is 0 Å². The number of methoxy groups -OCH3 is 1. The van der Waals surface area contributed by atoms with Crippen LogP contribution in [0.1, 0.15) is 32.6 Å². The second-order valence-electron chi connectivity index (χ2n) is 7.16. The molecule has 0 saturated carbocycles. The summed E-state index contributed by atoms with van der Waals surface area (Å²) in [6.45, 7) is 3.42. The number of aryl methyl sites for hydroxylation is 1. The van der Waals surface area contributed by atoms with Crippen LogP contribution in [-0.2, 0) is 21.4 Å². The standard InChI is InChI=1S/C20H28N4O4S/c1-3-4-14-24-19(11-12-21-24)22-20(25)16-6-5-13-23(15-16)29(26,27)18-9-7-17(28-2)8-10-18/h7-12,16H,3-6,13-15H2,1-2H3,(H,22,25). The SMILES string of the molecule is CCCCn1nccc1NC(=O)C1CCCN(S(=O)(=O)c2ccc(OC)cc2)C1. The Morgan fingerprint density at radius 2 is 2.03 bits per heavy atom. The maximum absolute atomic E-state index is 13.0. The Hall–Kier alpha value is -2.39. The van der Waals surface area contributed by atoms with Crippen molar-refractivity contribution in [2.45, 2.75) is 44.0 Å². The molecule has 158 valence electrons. The lowest BCUT2D eigenvalue weighted by molar-refractivity contribution is -0.120. The molecule has 1 amide bonds. The van der Waals surface area contributed by atoms with E-state index < -0.39 is 15.9 Å². The molecule has 1 aromatic carbocycles. The summed E-state index contributed by atoms with van der Waals surface area (Å²) in [5.74, 6) is 0.683. The van der Waals surface area contributed by atoms with Gasteiger partial charge in [0.05, 0.1) is 24.1 Å². The number of hydrogen-bond donors (Lipinski definition) is 1. The van der Waals surface area contributed by atoms with E-state index in [4.69, 9.17) is 4.74 Å². The van der Waals surface area contributed by atoms with Crippen LogP contribution < -0.4 is 10.1 Å². The van der Waals surface area contributed by atoms with Gasteiger partial charge in [-0.1, -0.05) is 13.3 Å². The summed E-state index contributed by atoms with van der Waals surface area (Å²) in [5.41, 5.74) is 0. The van der Waals surface area contributed by atoms with Gasteiger partial charge < -0.3 is 10.1 Å². The van der Waals surface area contributed by atoms with E-state index >= 15 is 0 Å². The van der Waals surface area contributed by atoms with E-state index in [-0.39, 0.29) is 17.3 Å². The van der Waals surface area contributed by atoms with Crippen molar-refractivity contribution in [3.8, 4) is 5.75 Å². The summed E-state index contributed by atoms with van der Waals surface area (Å²) in [5, 5.41) is 7.16. The Kier molecular flexibility index (Phi) is 6.92. The minimum Gasteiger partial charge on any atom is -0.497 e. The quantitative estimate of drug-likeness (QED) is 0.709. The first-order valence-electron chi connectivity index (χ1n) is 9.92. The summed E-state index contributed by atoms with van der Waals surface area (Å²) in [7, 11) is -2.12. The monoisotopic (exact) mass is 420 g/mol. The van der Waals surface area contributed by atoms with Crippen LogP contribution in [0.2, 0.25) is 0 Å². The zero-order valence-corrected chi connectivity index (χ0v) is 17.7. The fraction of sp³-hybridized carbons (Fsp3) is 0.500. The zero-order valence-electron chi connectivity index (χ0n) is 16.9. The molecule has 2 heterocycles. The lowest BCUT2D eigenvalue weighted by atomic mass is 9.99. The van der Waals surface area contributed by atoms with Crippen LogP contribution in [0, 0.1) is 5.92 Å². The van der Waals surface area contributed by atoms with Crippen molar-refractivity contribution in [1.29, 1.82) is 0 Å². The molecule has 1 aliphatic heterocycles. The summed E-state index contributed by atoms with van der Waals surface area (Å²) in [4.78, 5) is 13.0. The van der Waals surface area contributed by atoms with E-state index in [2.05, 4.69) is 17.3 Å². The van der Waals surface area contributed by atoms with Crippen molar-refractivity contribution in [1.82, 2.24) is 14.1 Å². The molecule has 0 bridgehead atoms. The van der Waals surface area contributed by atoms with Crippen molar-refractivity contribution < 1.29 is 17.9 Å². The maximum atomic E-state index is 13.0. The van der Waals surface area contributed by atoms with Gasteiger partial charge in [0.15, 0.2) is 0 Å². The first-order chi connectivity index (χ1) is 14.0. The van der Waals surface area contributed by atoms with Gasteiger partial charge in [-0.15, -0.1) is 0 Å². The number of nitrogens with one attached hydrogen (secondary N) is 1. The molecular formula is C20H28N4O4S. The second kappa shape index (κ2) is 9.41. The van der Waals surface area contributed by atoms with E-state index in [1.807, 2.05) is 0 Å². The molecule has 0 spiro atoms. The number of piperidine rings is 1. The molecule has 1 unspecified atom stereocenters. The van der Waals surface area contributed by atoms with Gasteiger partial charge in [0.25, 0.3) is 0 Å². The summed E-state index contributed by atoms with van der Waals surface area (Å²) in [6.07, 6.45) is 4.97. The molecule has 2 aromatic rings. The topological polar surface area (TPSA) is 93.5 Å². The molecule has 1 saturated heterocycles. The van der Waals surface area contributed by atoms with E-state index in [1.165, 1.54) is 23.5 Å². The van der Waals surface area contributed by atoms with Crippen LogP contribution in [-0.4, -0.2) is 48.6 Å². The van der Waals surface area contributed by atoms with Crippen molar-refractivity contribution in [2.24, 2.45) is 5.92 Å². The number of aromatic nitrogens is 2. The number of sulfonamides is 1. The molecule has 3 rings (SSSR count). The Balaban J connectivity index is 1.68. The Labute approximate surface area is 171 Å². The average Bonchev–Trinajstić information content (AvgIpc) is 3.19. The molecule has 1 N–H and O–H groups in total. The molecule has 1 aromatic heterocycles. The zero-order chi connectivity index (χ0) is 20.9. The molecule has 1 aliphatic rings.